The van der Waals surface area contributed by atoms with Crippen molar-refractivity contribution in [3.8, 4) is 5.75 Å². The van der Waals surface area contributed by atoms with Crippen LogP contribution < -0.4 is 0 Å². The first-order valence-electron chi connectivity index (χ1n) is 8.39. The molecule has 23 heavy (non-hydrogen) atoms. The first-order valence-corrected chi connectivity index (χ1v) is 8.77. The minimum absolute atomic E-state index is 0.141. The van der Waals surface area contributed by atoms with E-state index < -0.39 is 0 Å². The average molecular weight is 328 g/mol. The lowest BCUT2D eigenvalue weighted by Gasteiger charge is -2.53. The molecule has 0 aromatic heterocycles. The second-order valence-electron chi connectivity index (χ2n) is 6.99. The molecule has 2 aromatic rings. The molecule has 1 unspecified atom stereocenters. The summed E-state index contributed by atoms with van der Waals surface area (Å²) in [5, 5.41) is 11.1. The normalized spacial score (nSPS) is 23.1. The molecule has 1 heterocycles. The van der Waals surface area contributed by atoms with E-state index >= 15 is 0 Å². The molecule has 2 nitrogen and oxygen atoms in total. The van der Waals surface area contributed by atoms with Crippen molar-refractivity contribution in [1.29, 1.82) is 0 Å². The summed E-state index contributed by atoms with van der Waals surface area (Å²) in [4.78, 5) is 2.47. The van der Waals surface area contributed by atoms with Gasteiger partial charge in [0.25, 0.3) is 0 Å². The van der Waals surface area contributed by atoms with Crippen LogP contribution in [0.1, 0.15) is 42.0 Å². The predicted octanol–water partition coefficient (Wildman–Crippen LogP) is 4.70. The number of hydrogen-bond donors (Lipinski definition) is 1. The molecule has 3 heteroatoms. The minimum atomic E-state index is 0.141. The van der Waals surface area contributed by atoms with Gasteiger partial charge in [0.15, 0.2) is 0 Å². The highest BCUT2D eigenvalue weighted by Gasteiger charge is 2.49. The average Bonchev–Trinajstić information content (AvgIpc) is 2.50. The Morgan fingerprint density at radius 1 is 1.13 bits per heavy atom. The Labute approximate surface area is 142 Å². The summed E-state index contributed by atoms with van der Waals surface area (Å²) in [6.07, 6.45) is 4.57. The lowest BCUT2D eigenvalue weighted by molar-refractivity contribution is 0.0712. The van der Waals surface area contributed by atoms with E-state index in [9.17, 15) is 5.11 Å². The van der Waals surface area contributed by atoms with Crippen LogP contribution in [0.25, 0.3) is 0 Å². The van der Waals surface area contributed by atoms with Crippen LogP contribution >= 0.6 is 11.6 Å². The summed E-state index contributed by atoms with van der Waals surface area (Å²) >= 11 is 6.10. The molecule has 1 fully saturated rings. The number of phenolic OH excluding ortho intramolecular Hbond substituents is 1. The van der Waals surface area contributed by atoms with Gasteiger partial charge in [-0.1, -0.05) is 42.3 Å². The summed E-state index contributed by atoms with van der Waals surface area (Å²) in [5.74, 6) is 0.450. The predicted molar refractivity (Wildman–Crippen MR) is 94.2 cm³/mol. The largest absolute Gasteiger partial charge is 0.508 e. The van der Waals surface area contributed by atoms with E-state index in [-0.39, 0.29) is 5.41 Å². The van der Waals surface area contributed by atoms with Crippen molar-refractivity contribution in [2.75, 3.05) is 13.6 Å². The highest BCUT2D eigenvalue weighted by molar-refractivity contribution is 6.30. The number of fused-ring (bicyclic) bond motifs is 1. The van der Waals surface area contributed by atoms with Gasteiger partial charge in [0.2, 0.25) is 0 Å². The summed E-state index contributed by atoms with van der Waals surface area (Å²) < 4.78 is 0. The van der Waals surface area contributed by atoms with Crippen LogP contribution in [0.3, 0.4) is 0 Å². The Morgan fingerprint density at radius 2 is 1.87 bits per heavy atom. The molecule has 0 spiro atoms. The van der Waals surface area contributed by atoms with Gasteiger partial charge in [0.1, 0.15) is 5.75 Å². The standard InChI is InChI=1S/C20H22ClNO/c1-22-13-10-16-17(4-2-5-18(16)23)19(22)20(11-3-12-20)14-6-8-15(21)9-7-14/h2,4-9,19,23H,3,10-13H2,1H3. The van der Waals surface area contributed by atoms with E-state index in [1.54, 1.807) is 0 Å². The summed E-state index contributed by atoms with van der Waals surface area (Å²) in [6.45, 7) is 0.991. The van der Waals surface area contributed by atoms with E-state index in [1.807, 2.05) is 24.3 Å². The number of halogens is 1. The summed E-state index contributed by atoms with van der Waals surface area (Å²) in [6, 6.07) is 14.7. The highest BCUT2D eigenvalue weighted by Crippen LogP contribution is 2.56. The molecular formula is C20H22ClNO. The second kappa shape index (κ2) is 5.54. The number of nitrogens with zero attached hydrogens (tertiary/aromatic N) is 1. The van der Waals surface area contributed by atoms with Gasteiger partial charge < -0.3 is 5.11 Å². The molecule has 1 aliphatic carbocycles. The molecule has 2 aromatic carbocycles. The van der Waals surface area contributed by atoms with Crippen molar-refractivity contribution in [3.63, 3.8) is 0 Å². The van der Waals surface area contributed by atoms with Crippen molar-refractivity contribution in [2.24, 2.45) is 0 Å². The summed E-state index contributed by atoms with van der Waals surface area (Å²) in [7, 11) is 2.22. The lowest BCUT2D eigenvalue weighted by atomic mass is 9.57. The first kappa shape index (κ1) is 15.0. The number of benzene rings is 2. The van der Waals surface area contributed by atoms with E-state index in [2.05, 4.69) is 30.1 Å². The Hall–Kier alpha value is -1.51. The third kappa shape index (κ3) is 2.28. The van der Waals surface area contributed by atoms with E-state index in [4.69, 9.17) is 11.6 Å². The number of rotatable bonds is 2. The maximum absolute atomic E-state index is 10.3. The van der Waals surface area contributed by atoms with Gasteiger partial charge in [-0.25, -0.2) is 0 Å². The van der Waals surface area contributed by atoms with Gasteiger partial charge in [-0.15, -0.1) is 0 Å². The Morgan fingerprint density at radius 3 is 2.52 bits per heavy atom. The van der Waals surface area contributed by atoms with Gasteiger partial charge in [-0.05, 0) is 61.2 Å². The Bertz CT molecular complexity index is 721. The van der Waals surface area contributed by atoms with Crippen LogP contribution in [-0.4, -0.2) is 23.6 Å². The van der Waals surface area contributed by atoms with Crippen molar-refractivity contribution in [3.05, 3.63) is 64.2 Å². The maximum Gasteiger partial charge on any atom is 0.119 e. The Kier molecular flexibility index (Phi) is 3.62. The van der Waals surface area contributed by atoms with Gasteiger partial charge in [0.05, 0.1) is 0 Å². The van der Waals surface area contributed by atoms with Crippen LogP contribution in [0.4, 0.5) is 0 Å². The van der Waals surface area contributed by atoms with Gasteiger partial charge in [-0.2, -0.15) is 0 Å². The van der Waals surface area contributed by atoms with Crippen LogP contribution in [0.15, 0.2) is 42.5 Å². The molecule has 0 radical (unpaired) electrons. The van der Waals surface area contributed by atoms with Crippen LogP contribution in [0, 0.1) is 0 Å². The fourth-order valence-electron chi connectivity index (χ4n) is 4.55. The second-order valence-corrected chi connectivity index (χ2v) is 7.43. The van der Waals surface area contributed by atoms with E-state index in [0.717, 1.165) is 23.6 Å². The number of aromatic hydroxyl groups is 1. The SMILES string of the molecule is CN1CCc2c(O)cccc2C1C1(c2ccc(Cl)cc2)CCC1. The van der Waals surface area contributed by atoms with Gasteiger partial charge >= 0.3 is 0 Å². The molecule has 1 aliphatic heterocycles. The molecule has 1 atom stereocenters. The number of phenols is 1. The Balaban J connectivity index is 1.85. The molecule has 1 N–H and O–H groups in total. The molecular weight excluding hydrogens is 306 g/mol. The van der Waals surface area contributed by atoms with E-state index in [1.165, 1.54) is 30.4 Å². The number of likely N-dealkylation sites (N-methyl/N-ethyl adjacent to an activating group) is 1. The van der Waals surface area contributed by atoms with Crippen molar-refractivity contribution in [2.45, 2.75) is 37.1 Å². The van der Waals surface area contributed by atoms with Crippen molar-refractivity contribution < 1.29 is 5.11 Å². The zero-order chi connectivity index (χ0) is 16.0. The molecule has 120 valence electrons. The minimum Gasteiger partial charge on any atom is -0.508 e. The molecule has 0 amide bonds. The highest BCUT2D eigenvalue weighted by atomic mass is 35.5. The zero-order valence-electron chi connectivity index (χ0n) is 13.4. The summed E-state index contributed by atoms with van der Waals surface area (Å²) in [5.41, 5.74) is 3.95. The molecule has 0 bridgehead atoms. The van der Waals surface area contributed by atoms with Crippen LogP contribution in [0.5, 0.6) is 5.75 Å². The smallest absolute Gasteiger partial charge is 0.119 e. The fraction of sp³-hybridized carbons (Fsp3) is 0.400. The molecule has 1 saturated carbocycles. The lowest BCUT2D eigenvalue weighted by Crippen LogP contribution is -2.49. The third-order valence-corrected chi connectivity index (χ3v) is 6.08. The fourth-order valence-corrected chi connectivity index (χ4v) is 4.68. The number of hydrogen-bond acceptors (Lipinski definition) is 2. The molecule has 4 rings (SSSR count). The first-order chi connectivity index (χ1) is 11.1. The van der Waals surface area contributed by atoms with Crippen molar-refractivity contribution >= 4 is 11.6 Å². The quantitative estimate of drug-likeness (QED) is 0.864. The topological polar surface area (TPSA) is 23.5 Å². The van der Waals surface area contributed by atoms with Crippen LogP contribution in [-0.2, 0) is 11.8 Å². The van der Waals surface area contributed by atoms with Crippen LogP contribution in [0.2, 0.25) is 5.02 Å². The van der Waals surface area contributed by atoms with Crippen molar-refractivity contribution in [1.82, 2.24) is 4.90 Å². The van der Waals surface area contributed by atoms with Gasteiger partial charge in [0, 0.05) is 23.0 Å². The maximum atomic E-state index is 10.3. The zero-order valence-corrected chi connectivity index (χ0v) is 14.2. The van der Waals surface area contributed by atoms with E-state index in [0.29, 0.717) is 11.8 Å². The van der Waals surface area contributed by atoms with Gasteiger partial charge in [-0.3, -0.25) is 4.90 Å². The monoisotopic (exact) mass is 327 g/mol. The third-order valence-electron chi connectivity index (χ3n) is 5.83. The molecule has 2 aliphatic rings. The molecule has 0 saturated heterocycles.